The number of hydrogen-bond acceptors (Lipinski definition) is 3. The van der Waals surface area contributed by atoms with Crippen LogP contribution in [0.5, 0.6) is 0 Å². The van der Waals surface area contributed by atoms with Gasteiger partial charge in [-0.3, -0.25) is 9.59 Å². The second-order valence-electron chi connectivity index (χ2n) is 8.09. The topological polar surface area (TPSA) is 49.7 Å². The third kappa shape index (κ3) is 12.2. The van der Waals surface area contributed by atoms with E-state index >= 15 is 0 Å². The Hall–Kier alpha value is -2.41. The van der Waals surface area contributed by atoms with E-state index in [-0.39, 0.29) is 22.3 Å². The van der Waals surface area contributed by atoms with Gasteiger partial charge in [-0.1, -0.05) is 56.2 Å². The van der Waals surface area contributed by atoms with E-state index < -0.39 is 17.5 Å². The summed E-state index contributed by atoms with van der Waals surface area (Å²) in [7, 11) is 0. The third-order valence-electron chi connectivity index (χ3n) is 5.07. The number of allylic oxidation sites excluding steroid dienone is 10. The summed E-state index contributed by atoms with van der Waals surface area (Å²) >= 11 is 5.76. The van der Waals surface area contributed by atoms with E-state index in [1.807, 2.05) is 17.1 Å². The SMILES string of the molecule is CCCCN(CCC)C(C)=O.C\C=C(/C=C(\C(C)=N\C(C(C)=O)=C(/C)Cl)C(F)(F)F)C1=CCC=C1. The van der Waals surface area contributed by atoms with E-state index in [2.05, 4.69) is 18.8 Å². The Morgan fingerprint density at radius 3 is 2.11 bits per heavy atom. The van der Waals surface area contributed by atoms with E-state index in [1.165, 1.54) is 20.8 Å². The van der Waals surface area contributed by atoms with Crippen molar-refractivity contribution in [2.24, 2.45) is 4.99 Å². The Morgan fingerprint density at radius 1 is 1.11 bits per heavy atom. The van der Waals surface area contributed by atoms with Crippen LogP contribution < -0.4 is 0 Å². The number of Topliss-reactive ketones (excluding diaryl/α,β-unsaturated/α-hetero) is 1. The first kappa shape index (κ1) is 32.6. The monoisotopic (exact) mass is 514 g/mol. The van der Waals surface area contributed by atoms with Crippen LogP contribution in [0, 0.1) is 0 Å². The van der Waals surface area contributed by atoms with Crippen molar-refractivity contribution in [2.75, 3.05) is 13.1 Å². The largest absolute Gasteiger partial charge is 0.418 e. The number of amides is 1. The summed E-state index contributed by atoms with van der Waals surface area (Å²) in [5.74, 6) is -0.281. The maximum atomic E-state index is 13.5. The molecule has 0 aliphatic heterocycles. The quantitative estimate of drug-likeness (QED) is 0.169. The average molecular weight is 515 g/mol. The van der Waals surface area contributed by atoms with Crippen LogP contribution in [0.25, 0.3) is 0 Å². The van der Waals surface area contributed by atoms with Crippen molar-refractivity contribution < 1.29 is 22.8 Å². The summed E-state index contributed by atoms with van der Waals surface area (Å²) in [5, 5.41) is 0.0519. The number of unbranched alkanes of at least 4 members (excludes halogenated alkanes) is 1. The lowest BCUT2D eigenvalue weighted by molar-refractivity contribution is -0.129. The number of alkyl halides is 3. The van der Waals surface area contributed by atoms with Crippen molar-refractivity contribution in [3.63, 3.8) is 0 Å². The number of nitrogens with zero attached hydrogens (tertiary/aromatic N) is 2. The molecule has 8 heteroatoms. The van der Waals surface area contributed by atoms with Crippen LogP contribution >= 0.6 is 11.6 Å². The standard InChI is InChI=1S/C18H19ClF3NO.C9H19NO/c1-5-14(15-8-6-7-9-15)10-16(18(20,21)22)12(3)23-17(11(2)19)13(4)24;1-4-6-8-10(7-5-2)9(3)11/h5-6,8-10H,7H2,1-4H3;4-8H2,1-3H3/b14-5+,16-10+,17-11+,23-12+;. The molecule has 1 aliphatic rings. The van der Waals surface area contributed by atoms with Crippen molar-refractivity contribution >= 4 is 29.0 Å². The van der Waals surface area contributed by atoms with Gasteiger partial charge >= 0.3 is 6.18 Å². The van der Waals surface area contributed by atoms with E-state index in [9.17, 15) is 22.8 Å². The molecular formula is C27H38ClF3N2O2. The molecule has 0 aromatic heterocycles. The molecule has 0 spiro atoms. The van der Waals surface area contributed by atoms with E-state index in [1.54, 1.807) is 26.0 Å². The highest BCUT2D eigenvalue weighted by atomic mass is 35.5. The maximum absolute atomic E-state index is 13.5. The highest BCUT2D eigenvalue weighted by Crippen LogP contribution is 2.31. The molecular weight excluding hydrogens is 477 g/mol. The van der Waals surface area contributed by atoms with Gasteiger partial charge in [-0.2, -0.15) is 13.2 Å². The molecule has 35 heavy (non-hydrogen) atoms. The zero-order chi connectivity index (χ0) is 27.2. The molecule has 0 bridgehead atoms. The minimum absolute atomic E-state index is 0.0519. The smallest absolute Gasteiger partial charge is 0.343 e. The number of carbonyl (C=O) groups is 2. The first-order chi connectivity index (χ1) is 16.3. The molecule has 4 nitrogen and oxygen atoms in total. The summed E-state index contributed by atoms with van der Waals surface area (Å²) in [5.41, 5.74) is -0.223. The van der Waals surface area contributed by atoms with Gasteiger partial charge in [0.2, 0.25) is 5.91 Å². The molecule has 1 amide bonds. The fourth-order valence-electron chi connectivity index (χ4n) is 3.22. The maximum Gasteiger partial charge on any atom is 0.418 e. The number of hydrogen-bond donors (Lipinski definition) is 0. The van der Waals surface area contributed by atoms with Gasteiger partial charge in [0.25, 0.3) is 0 Å². The van der Waals surface area contributed by atoms with Crippen LogP contribution in [0.15, 0.2) is 62.8 Å². The summed E-state index contributed by atoms with van der Waals surface area (Å²) in [4.78, 5) is 28.2. The number of ketones is 1. The first-order valence-electron chi connectivity index (χ1n) is 11.8. The van der Waals surface area contributed by atoms with E-state index in [4.69, 9.17) is 11.6 Å². The zero-order valence-corrected chi connectivity index (χ0v) is 22.6. The number of rotatable bonds is 10. The molecule has 0 saturated carbocycles. The molecule has 0 heterocycles. The van der Waals surface area contributed by atoms with Crippen LogP contribution in [0.1, 0.15) is 74.1 Å². The molecule has 0 atom stereocenters. The fraction of sp³-hybridized carbons (Fsp3) is 0.519. The van der Waals surface area contributed by atoms with Crippen molar-refractivity contribution in [2.45, 2.75) is 80.3 Å². The summed E-state index contributed by atoms with van der Waals surface area (Å²) in [6.07, 6.45) is 7.57. The fourth-order valence-corrected chi connectivity index (χ4v) is 3.40. The minimum Gasteiger partial charge on any atom is -0.343 e. The van der Waals surface area contributed by atoms with Crippen LogP contribution in [0.4, 0.5) is 13.2 Å². The Balaban J connectivity index is 0.000000883. The van der Waals surface area contributed by atoms with Gasteiger partial charge in [0, 0.05) is 32.0 Å². The van der Waals surface area contributed by atoms with E-state index in [0.717, 1.165) is 44.0 Å². The Morgan fingerprint density at radius 2 is 1.74 bits per heavy atom. The highest BCUT2D eigenvalue weighted by Gasteiger charge is 2.36. The van der Waals surface area contributed by atoms with E-state index in [0.29, 0.717) is 12.0 Å². The summed E-state index contributed by atoms with van der Waals surface area (Å²) < 4.78 is 40.4. The predicted molar refractivity (Wildman–Crippen MR) is 140 cm³/mol. The van der Waals surface area contributed by atoms with Gasteiger partial charge in [0.15, 0.2) is 5.78 Å². The lowest BCUT2D eigenvalue weighted by Gasteiger charge is -2.19. The zero-order valence-electron chi connectivity index (χ0n) is 21.9. The van der Waals surface area contributed by atoms with Gasteiger partial charge in [-0.05, 0) is 57.3 Å². The number of aliphatic imine (C=N–C) groups is 1. The van der Waals surface area contributed by atoms with Crippen molar-refractivity contribution in [1.29, 1.82) is 0 Å². The second-order valence-corrected chi connectivity index (χ2v) is 8.66. The molecule has 0 unspecified atom stereocenters. The first-order valence-corrected chi connectivity index (χ1v) is 12.2. The molecule has 0 saturated heterocycles. The third-order valence-corrected chi connectivity index (χ3v) is 5.25. The molecule has 0 aromatic rings. The molecule has 196 valence electrons. The summed E-state index contributed by atoms with van der Waals surface area (Å²) in [6.45, 7) is 13.2. The molecule has 0 N–H and O–H groups in total. The lowest BCUT2D eigenvalue weighted by atomic mass is 10.0. The Labute approximate surface area is 213 Å². The normalized spacial score (nSPS) is 15.3. The van der Waals surface area contributed by atoms with Crippen molar-refractivity contribution in [3.8, 4) is 0 Å². The minimum atomic E-state index is -4.60. The van der Waals surface area contributed by atoms with Gasteiger partial charge in [0.05, 0.1) is 11.3 Å². The number of halogens is 4. The highest BCUT2D eigenvalue weighted by molar-refractivity contribution is 6.31. The van der Waals surface area contributed by atoms with Crippen LogP contribution in [0.3, 0.4) is 0 Å². The molecule has 0 aromatic carbocycles. The average Bonchev–Trinajstić information content (AvgIpc) is 3.29. The number of carbonyl (C=O) groups excluding carboxylic acids is 2. The van der Waals surface area contributed by atoms with Gasteiger partial charge in [0.1, 0.15) is 5.70 Å². The van der Waals surface area contributed by atoms with Gasteiger partial charge < -0.3 is 4.90 Å². The lowest BCUT2D eigenvalue weighted by Crippen LogP contribution is -2.30. The molecule has 1 rings (SSSR count). The van der Waals surface area contributed by atoms with Crippen LogP contribution in [0.2, 0.25) is 0 Å². The Bertz CT molecular complexity index is 919. The predicted octanol–water partition coefficient (Wildman–Crippen LogP) is 7.87. The van der Waals surface area contributed by atoms with Gasteiger partial charge in [-0.15, -0.1) is 0 Å². The van der Waals surface area contributed by atoms with Crippen molar-refractivity contribution in [1.82, 2.24) is 4.90 Å². The molecule has 0 radical (unpaired) electrons. The van der Waals surface area contributed by atoms with Crippen LogP contribution in [-0.4, -0.2) is 41.6 Å². The van der Waals surface area contributed by atoms with Crippen LogP contribution in [-0.2, 0) is 9.59 Å². The van der Waals surface area contributed by atoms with Gasteiger partial charge in [-0.25, -0.2) is 4.99 Å². The van der Waals surface area contributed by atoms with Crippen molar-refractivity contribution in [3.05, 3.63) is 57.8 Å². The summed E-state index contributed by atoms with van der Waals surface area (Å²) in [6, 6.07) is 0. The molecule has 0 fully saturated rings. The molecule has 1 aliphatic carbocycles. The Kier molecular flexibility index (Phi) is 15.2. The second kappa shape index (κ2) is 16.3.